The van der Waals surface area contributed by atoms with Crippen molar-refractivity contribution in [2.75, 3.05) is 18.6 Å². The molecule has 5 heteroatoms. The van der Waals surface area contributed by atoms with Gasteiger partial charge in [0.05, 0.1) is 37.3 Å². The van der Waals surface area contributed by atoms with E-state index in [9.17, 15) is 4.79 Å². The third kappa shape index (κ3) is 2.25. The summed E-state index contributed by atoms with van der Waals surface area (Å²) in [5.41, 5.74) is 0.776. The second-order valence-electron chi connectivity index (χ2n) is 5.44. The molecule has 0 atom stereocenters. The predicted octanol–water partition coefficient (Wildman–Crippen LogP) is 2.32. The fraction of sp³-hybridized carbons (Fsp3) is 0.571. The molecule has 3 rings (SSSR count). The Balaban J connectivity index is 1.83. The van der Waals surface area contributed by atoms with E-state index in [-0.39, 0.29) is 11.6 Å². The fourth-order valence-electron chi connectivity index (χ4n) is 3.10. The van der Waals surface area contributed by atoms with Gasteiger partial charge in [0.25, 0.3) is 0 Å². The Morgan fingerprint density at radius 3 is 2.84 bits per heavy atom. The van der Waals surface area contributed by atoms with E-state index in [1.165, 1.54) is 19.3 Å². The molecule has 2 fully saturated rings. The maximum atomic E-state index is 12.2. The minimum Gasteiger partial charge on any atom is -0.495 e. The first-order valence-corrected chi connectivity index (χ1v) is 6.81. The minimum atomic E-state index is -0.0294. The molecule has 1 aromatic rings. The molecule has 1 aromatic heterocycles. The molecule has 1 aliphatic heterocycles. The van der Waals surface area contributed by atoms with Gasteiger partial charge in [-0.25, -0.2) is 4.79 Å². The molecule has 2 amide bonds. The van der Waals surface area contributed by atoms with Crippen LogP contribution in [0.1, 0.15) is 32.1 Å². The van der Waals surface area contributed by atoms with Crippen LogP contribution < -0.4 is 15.0 Å². The summed E-state index contributed by atoms with van der Waals surface area (Å²) in [5, 5.41) is 3.17. The maximum absolute atomic E-state index is 12.2. The van der Waals surface area contributed by atoms with Crippen LogP contribution in [0.2, 0.25) is 0 Å². The van der Waals surface area contributed by atoms with Gasteiger partial charge in [-0.1, -0.05) is 19.3 Å². The Labute approximate surface area is 113 Å². The molecule has 0 bridgehead atoms. The number of amides is 2. The summed E-state index contributed by atoms with van der Waals surface area (Å²) in [7, 11) is 1.60. The van der Waals surface area contributed by atoms with Crippen molar-refractivity contribution in [3.8, 4) is 5.75 Å². The predicted molar refractivity (Wildman–Crippen MR) is 72.5 cm³/mol. The third-order valence-electron chi connectivity index (χ3n) is 4.13. The van der Waals surface area contributed by atoms with E-state index in [4.69, 9.17) is 4.74 Å². The molecular formula is C14H19N3O2. The number of urea groups is 1. The number of nitrogens with zero attached hydrogens (tertiary/aromatic N) is 2. The van der Waals surface area contributed by atoms with Crippen LogP contribution in [0.15, 0.2) is 18.5 Å². The summed E-state index contributed by atoms with van der Waals surface area (Å²) < 4.78 is 5.17. The number of carbonyl (C=O) groups excluding carboxylic acids is 1. The lowest BCUT2D eigenvalue weighted by atomic mass is 9.82. The van der Waals surface area contributed by atoms with Crippen LogP contribution in [0.3, 0.4) is 0 Å². The van der Waals surface area contributed by atoms with E-state index in [2.05, 4.69) is 10.3 Å². The number of pyridine rings is 1. The van der Waals surface area contributed by atoms with Crippen LogP contribution in [0.25, 0.3) is 0 Å². The first kappa shape index (κ1) is 12.3. The first-order valence-electron chi connectivity index (χ1n) is 6.81. The number of anilines is 1. The van der Waals surface area contributed by atoms with E-state index < -0.39 is 0 Å². The van der Waals surface area contributed by atoms with Gasteiger partial charge in [0.15, 0.2) is 0 Å². The van der Waals surface area contributed by atoms with Crippen LogP contribution in [-0.2, 0) is 0 Å². The van der Waals surface area contributed by atoms with Crippen LogP contribution in [0, 0.1) is 0 Å². The van der Waals surface area contributed by atoms with Gasteiger partial charge >= 0.3 is 6.03 Å². The van der Waals surface area contributed by atoms with Gasteiger partial charge in [-0.2, -0.15) is 0 Å². The summed E-state index contributed by atoms with van der Waals surface area (Å²) in [6.07, 6.45) is 9.18. The molecular weight excluding hydrogens is 242 g/mol. The van der Waals surface area contributed by atoms with Crippen LogP contribution in [-0.4, -0.2) is 30.2 Å². The van der Waals surface area contributed by atoms with Crippen molar-refractivity contribution in [2.45, 2.75) is 37.6 Å². The van der Waals surface area contributed by atoms with Crippen molar-refractivity contribution in [3.63, 3.8) is 0 Å². The minimum absolute atomic E-state index is 0.0167. The molecule has 1 N–H and O–H groups in total. The van der Waals surface area contributed by atoms with Crippen LogP contribution in [0.4, 0.5) is 10.5 Å². The standard InChI is InChI=1S/C14H19N3O2/c1-19-12-7-11(8-15-9-12)17-10-14(16-13(17)18)5-3-2-4-6-14/h7-9H,2-6,10H2,1H3,(H,16,18). The topological polar surface area (TPSA) is 54.5 Å². The number of ether oxygens (including phenoxy) is 1. The molecule has 1 saturated carbocycles. The molecule has 1 spiro atoms. The summed E-state index contributed by atoms with van der Waals surface area (Å²) in [5.74, 6) is 0.676. The highest BCUT2D eigenvalue weighted by Crippen LogP contribution is 2.34. The number of hydrogen-bond donors (Lipinski definition) is 1. The van der Waals surface area contributed by atoms with Crippen LogP contribution >= 0.6 is 0 Å². The van der Waals surface area contributed by atoms with Crippen LogP contribution in [0.5, 0.6) is 5.75 Å². The molecule has 0 radical (unpaired) electrons. The lowest BCUT2D eigenvalue weighted by Crippen LogP contribution is -2.44. The lowest BCUT2D eigenvalue weighted by molar-refractivity contribution is 0.237. The normalized spacial score (nSPS) is 21.5. The number of rotatable bonds is 2. The highest BCUT2D eigenvalue weighted by molar-refractivity contribution is 5.95. The van der Waals surface area contributed by atoms with E-state index in [0.29, 0.717) is 5.75 Å². The van der Waals surface area contributed by atoms with Gasteiger partial charge in [-0.05, 0) is 12.8 Å². The molecule has 5 nitrogen and oxygen atoms in total. The molecule has 1 aliphatic carbocycles. The number of hydrogen-bond acceptors (Lipinski definition) is 3. The van der Waals surface area contributed by atoms with E-state index in [0.717, 1.165) is 25.1 Å². The Kier molecular flexibility index (Phi) is 3.05. The van der Waals surface area contributed by atoms with Crippen molar-refractivity contribution in [3.05, 3.63) is 18.5 Å². The fourth-order valence-corrected chi connectivity index (χ4v) is 3.10. The number of nitrogens with one attached hydrogen (secondary N) is 1. The molecule has 1 saturated heterocycles. The van der Waals surface area contributed by atoms with Gasteiger partial charge in [-0.3, -0.25) is 9.88 Å². The summed E-state index contributed by atoms with van der Waals surface area (Å²) in [4.78, 5) is 18.1. The number of methoxy groups -OCH3 is 1. The maximum Gasteiger partial charge on any atom is 0.322 e. The SMILES string of the molecule is COc1cncc(N2CC3(CCCCC3)NC2=O)c1. The van der Waals surface area contributed by atoms with Crippen molar-refractivity contribution in [1.29, 1.82) is 0 Å². The molecule has 0 aromatic carbocycles. The summed E-state index contributed by atoms with van der Waals surface area (Å²) in [6.45, 7) is 0.737. The quantitative estimate of drug-likeness (QED) is 0.889. The van der Waals surface area contributed by atoms with E-state index >= 15 is 0 Å². The summed E-state index contributed by atoms with van der Waals surface area (Å²) >= 11 is 0. The zero-order valence-electron chi connectivity index (χ0n) is 11.2. The molecule has 2 heterocycles. The highest BCUT2D eigenvalue weighted by atomic mass is 16.5. The Morgan fingerprint density at radius 2 is 2.11 bits per heavy atom. The number of carbonyl (C=O) groups is 1. The zero-order valence-corrected chi connectivity index (χ0v) is 11.2. The second-order valence-corrected chi connectivity index (χ2v) is 5.44. The van der Waals surface area contributed by atoms with Gasteiger partial charge in [0.1, 0.15) is 5.75 Å². The smallest absolute Gasteiger partial charge is 0.322 e. The zero-order chi connectivity index (χ0) is 13.3. The highest BCUT2D eigenvalue weighted by Gasteiger charge is 2.43. The lowest BCUT2D eigenvalue weighted by Gasteiger charge is -2.32. The van der Waals surface area contributed by atoms with Crippen molar-refractivity contribution in [2.24, 2.45) is 0 Å². The van der Waals surface area contributed by atoms with E-state index in [1.807, 2.05) is 6.07 Å². The van der Waals surface area contributed by atoms with E-state index in [1.54, 1.807) is 24.4 Å². The average molecular weight is 261 g/mol. The molecule has 0 unspecified atom stereocenters. The average Bonchev–Trinajstić information content (AvgIpc) is 2.76. The van der Waals surface area contributed by atoms with Crippen molar-refractivity contribution < 1.29 is 9.53 Å². The summed E-state index contributed by atoms with van der Waals surface area (Å²) in [6, 6.07) is 1.84. The van der Waals surface area contributed by atoms with Gasteiger partial charge in [0.2, 0.25) is 0 Å². The monoisotopic (exact) mass is 261 g/mol. The van der Waals surface area contributed by atoms with Crippen molar-refractivity contribution >= 4 is 11.7 Å². The third-order valence-corrected chi connectivity index (χ3v) is 4.13. The van der Waals surface area contributed by atoms with Gasteiger partial charge < -0.3 is 10.1 Å². The molecule has 2 aliphatic rings. The molecule has 19 heavy (non-hydrogen) atoms. The van der Waals surface area contributed by atoms with Crippen molar-refractivity contribution in [1.82, 2.24) is 10.3 Å². The Morgan fingerprint density at radius 1 is 1.32 bits per heavy atom. The number of aromatic nitrogens is 1. The Hall–Kier alpha value is -1.78. The largest absolute Gasteiger partial charge is 0.495 e. The second kappa shape index (κ2) is 4.72. The van der Waals surface area contributed by atoms with Gasteiger partial charge in [0, 0.05) is 6.07 Å². The van der Waals surface area contributed by atoms with Gasteiger partial charge in [-0.15, -0.1) is 0 Å². The molecule has 102 valence electrons. The Bertz CT molecular complexity index is 483. The first-order chi connectivity index (χ1) is 9.22.